The molecule has 0 radical (unpaired) electrons. The predicted molar refractivity (Wildman–Crippen MR) is 66.5 cm³/mol. The zero-order chi connectivity index (χ0) is 12.9. The smallest absolute Gasteiger partial charge is 0.306 e. The highest BCUT2D eigenvalue weighted by Gasteiger charge is 2.17. The van der Waals surface area contributed by atoms with Crippen molar-refractivity contribution in [3.63, 3.8) is 0 Å². The molecule has 0 spiro atoms. The van der Waals surface area contributed by atoms with E-state index in [1.54, 1.807) is 0 Å². The maximum absolute atomic E-state index is 11.5. The first-order chi connectivity index (χ1) is 7.88. The van der Waals surface area contributed by atoms with Crippen molar-refractivity contribution >= 4 is 5.97 Å². The zero-order valence-electron chi connectivity index (χ0n) is 10.6. The number of ether oxygens (including phenoxy) is 1. The summed E-state index contributed by atoms with van der Waals surface area (Å²) in [6.45, 7) is 5.50. The highest BCUT2D eigenvalue weighted by atomic mass is 16.6. The number of esters is 1. The molecule has 0 fully saturated rings. The summed E-state index contributed by atoms with van der Waals surface area (Å²) in [5.74, 6) is -0.271. The Hall–Kier alpha value is -1.35. The van der Waals surface area contributed by atoms with E-state index in [0.29, 0.717) is 6.42 Å². The summed E-state index contributed by atoms with van der Waals surface area (Å²) in [4.78, 5) is 11.5. The third-order valence-corrected chi connectivity index (χ3v) is 2.23. The van der Waals surface area contributed by atoms with Crippen molar-refractivity contribution < 1.29 is 14.6 Å². The Balaban J connectivity index is 2.39. The number of aliphatic hydroxyl groups is 1. The highest BCUT2D eigenvalue weighted by molar-refractivity contribution is 5.69. The summed E-state index contributed by atoms with van der Waals surface area (Å²) in [6.07, 6.45) is 0.00965. The molecule has 1 unspecified atom stereocenters. The molecular weight excluding hydrogens is 216 g/mol. The normalized spacial score (nSPS) is 13.2. The first-order valence-corrected chi connectivity index (χ1v) is 5.83. The molecule has 0 saturated heterocycles. The van der Waals surface area contributed by atoms with E-state index in [0.717, 1.165) is 5.56 Å². The van der Waals surface area contributed by atoms with Crippen LogP contribution in [0.15, 0.2) is 30.3 Å². The van der Waals surface area contributed by atoms with Gasteiger partial charge in [0.05, 0.1) is 6.10 Å². The van der Waals surface area contributed by atoms with Crippen molar-refractivity contribution in [1.29, 1.82) is 0 Å². The highest BCUT2D eigenvalue weighted by Crippen LogP contribution is 2.19. The molecule has 0 heterocycles. The van der Waals surface area contributed by atoms with Gasteiger partial charge in [-0.3, -0.25) is 4.79 Å². The predicted octanol–water partition coefficient (Wildman–Crippen LogP) is 2.84. The molecule has 0 aromatic heterocycles. The Kier molecular flexibility index (Phi) is 4.70. The fourth-order valence-electron chi connectivity index (χ4n) is 1.49. The number of rotatable bonds is 4. The van der Waals surface area contributed by atoms with Gasteiger partial charge in [-0.2, -0.15) is 0 Å². The quantitative estimate of drug-likeness (QED) is 0.818. The van der Waals surface area contributed by atoms with Crippen LogP contribution >= 0.6 is 0 Å². The van der Waals surface area contributed by atoms with Crippen molar-refractivity contribution in [3.8, 4) is 0 Å². The van der Waals surface area contributed by atoms with E-state index in [2.05, 4.69) is 0 Å². The van der Waals surface area contributed by atoms with Gasteiger partial charge < -0.3 is 9.84 Å². The van der Waals surface area contributed by atoms with Gasteiger partial charge in [-0.15, -0.1) is 0 Å². The lowest BCUT2D eigenvalue weighted by atomic mass is 10.1. The molecule has 3 nitrogen and oxygen atoms in total. The standard InChI is InChI=1S/C14H20O3/c1-14(2,3)17-13(16)10-9-12(15)11-7-5-4-6-8-11/h4-8,12,15H,9-10H2,1-3H3. The van der Waals surface area contributed by atoms with Crippen LogP contribution in [0.25, 0.3) is 0 Å². The van der Waals surface area contributed by atoms with Gasteiger partial charge in [0.2, 0.25) is 0 Å². The minimum Gasteiger partial charge on any atom is -0.460 e. The van der Waals surface area contributed by atoms with Crippen LogP contribution < -0.4 is 0 Å². The van der Waals surface area contributed by atoms with E-state index in [9.17, 15) is 9.90 Å². The van der Waals surface area contributed by atoms with Crippen LogP contribution in [0.4, 0.5) is 0 Å². The molecule has 0 saturated carbocycles. The van der Waals surface area contributed by atoms with Crippen LogP contribution in [0.2, 0.25) is 0 Å². The van der Waals surface area contributed by atoms with Crippen LogP contribution in [-0.4, -0.2) is 16.7 Å². The molecule has 0 amide bonds. The molecule has 0 bridgehead atoms. The van der Waals surface area contributed by atoms with Crippen molar-refractivity contribution in [2.75, 3.05) is 0 Å². The Bertz CT molecular complexity index is 351. The number of aliphatic hydroxyl groups excluding tert-OH is 1. The lowest BCUT2D eigenvalue weighted by Crippen LogP contribution is -2.24. The zero-order valence-corrected chi connectivity index (χ0v) is 10.6. The van der Waals surface area contributed by atoms with Crippen LogP contribution in [0.3, 0.4) is 0 Å². The average Bonchev–Trinajstić information content (AvgIpc) is 2.25. The minimum atomic E-state index is -0.608. The number of carbonyl (C=O) groups is 1. The Morgan fingerprint density at radius 2 is 1.88 bits per heavy atom. The number of benzene rings is 1. The molecule has 1 N–H and O–H groups in total. The molecule has 0 aliphatic carbocycles. The molecule has 0 aliphatic rings. The fraction of sp³-hybridized carbons (Fsp3) is 0.500. The molecule has 1 aromatic rings. The second-order valence-electron chi connectivity index (χ2n) is 5.05. The van der Waals surface area contributed by atoms with Gasteiger partial charge in [0.1, 0.15) is 5.60 Å². The SMILES string of the molecule is CC(C)(C)OC(=O)CCC(O)c1ccccc1. The van der Waals surface area contributed by atoms with Gasteiger partial charge >= 0.3 is 5.97 Å². The second kappa shape index (κ2) is 5.82. The molecule has 94 valence electrons. The summed E-state index contributed by atoms with van der Waals surface area (Å²) >= 11 is 0. The van der Waals surface area contributed by atoms with Crippen LogP contribution in [0.1, 0.15) is 45.3 Å². The summed E-state index contributed by atoms with van der Waals surface area (Å²) in [5, 5.41) is 9.86. The second-order valence-corrected chi connectivity index (χ2v) is 5.05. The molecule has 3 heteroatoms. The van der Waals surface area contributed by atoms with Crippen molar-refractivity contribution in [3.05, 3.63) is 35.9 Å². The minimum absolute atomic E-state index is 0.229. The summed E-state index contributed by atoms with van der Waals surface area (Å²) < 4.78 is 5.17. The maximum Gasteiger partial charge on any atom is 0.306 e. The van der Waals surface area contributed by atoms with Gasteiger partial charge in [0.15, 0.2) is 0 Å². The Morgan fingerprint density at radius 1 is 1.29 bits per heavy atom. The van der Waals surface area contributed by atoms with E-state index in [1.165, 1.54) is 0 Å². The lowest BCUT2D eigenvalue weighted by molar-refractivity contribution is -0.155. The summed E-state index contributed by atoms with van der Waals surface area (Å²) in [7, 11) is 0. The van der Waals surface area contributed by atoms with E-state index in [1.807, 2.05) is 51.1 Å². The van der Waals surface area contributed by atoms with Gasteiger partial charge in [0, 0.05) is 6.42 Å². The maximum atomic E-state index is 11.5. The van der Waals surface area contributed by atoms with E-state index >= 15 is 0 Å². The third-order valence-electron chi connectivity index (χ3n) is 2.23. The monoisotopic (exact) mass is 236 g/mol. The largest absolute Gasteiger partial charge is 0.460 e. The third kappa shape index (κ3) is 5.50. The topological polar surface area (TPSA) is 46.5 Å². The van der Waals surface area contributed by atoms with Crippen LogP contribution in [0, 0.1) is 0 Å². The first-order valence-electron chi connectivity index (χ1n) is 5.83. The van der Waals surface area contributed by atoms with Crippen molar-refractivity contribution in [2.24, 2.45) is 0 Å². The van der Waals surface area contributed by atoms with Gasteiger partial charge in [-0.1, -0.05) is 30.3 Å². The number of carbonyl (C=O) groups excluding carboxylic acids is 1. The summed E-state index contributed by atoms with van der Waals surface area (Å²) in [5.41, 5.74) is 0.366. The van der Waals surface area contributed by atoms with Crippen molar-refractivity contribution in [2.45, 2.75) is 45.3 Å². The molecule has 1 atom stereocenters. The Labute approximate surface area is 102 Å². The molecule has 1 aromatic carbocycles. The van der Waals surface area contributed by atoms with E-state index in [-0.39, 0.29) is 12.4 Å². The fourth-order valence-corrected chi connectivity index (χ4v) is 1.49. The average molecular weight is 236 g/mol. The molecular formula is C14H20O3. The first kappa shape index (κ1) is 13.7. The number of hydrogen-bond donors (Lipinski definition) is 1. The molecule has 0 aliphatic heterocycles. The van der Waals surface area contributed by atoms with Gasteiger partial charge in [-0.25, -0.2) is 0 Å². The van der Waals surface area contributed by atoms with Gasteiger partial charge in [-0.05, 0) is 32.8 Å². The van der Waals surface area contributed by atoms with Crippen molar-refractivity contribution in [1.82, 2.24) is 0 Å². The van der Waals surface area contributed by atoms with Crippen LogP contribution in [-0.2, 0) is 9.53 Å². The summed E-state index contributed by atoms with van der Waals surface area (Å²) in [6, 6.07) is 9.32. The van der Waals surface area contributed by atoms with E-state index in [4.69, 9.17) is 4.74 Å². The van der Waals surface area contributed by atoms with E-state index < -0.39 is 11.7 Å². The molecule has 17 heavy (non-hydrogen) atoms. The lowest BCUT2D eigenvalue weighted by Gasteiger charge is -2.20. The number of hydrogen-bond acceptors (Lipinski definition) is 3. The van der Waals surface area contributed by atoms with Crippen LogP contribution in [0.5, 0.6) is 0 Å². The Morgan fingerprint density at radius 3 is 2.41 bits per heavy atom. The van der Waals surface area contributed by atoms with Gasteiger partial charge in [0.25, 0.3) is 0 Å². The molecule has 1 rings (SSSR count).